The van der Waals surface area contributed by atoms with Crippen LogP contribution in [0, 0.1) is 5.92 Å². The van der Waals surface area contributed by atoms with Crippen LogP contribution in [0.2, 0.25) is 0 Å². The first kappa shape index (κ1) is 15.1. The Hall–Kier alpha value is -2.30. The molecule has 0 saturated heterocycles. The zero-order chi connectivity index (χ0) is 15.2. The summed E-state index contributed by atoms with van der Waals surface area (Å²) in [6.45, 7) is 4.39. The van der Waals surface area contributed by atoms with E-state index in [1.54, 1.807) is 0 Å². The third-order valence-corrected chi connectivity index (χ3v) is 2.93. The molecule has 0 N–H and O–H groups in total. The van der Waals surface area contributed by atoms with Gasteiger partial charge in [-0.3, -0.25) is 0 Å². The van der Waals surface area contributed by atoms with Crippen LogP contribution in [0.4, 0.5) is 0 Å². The Balaban J connectivity index is 2.18. The van der Waals surface area contributed by atoms with Crippen molar-refractivity contribution >= 4 is 5.97 Å². The summed E-state index contributed by atoms with van der Waals surface area (Å²) in [4.78, 5) is 11.9. The number of methoxy groups -OCH3 is 1. The molecule has 0 spiro atoms. The Morgan fingerprint density at radius 3 is 2.62 bits per heavy atom. The second-order valence-corrected chi connectivity index (χ2v) is 5.15. The molecule has 0 bridgehead atoms. The number of aromatic nitrogens is 1. The monoisotopic (exact) mass is 289 g/mol. The molecular weight excluding hydrogens is 270 g/mol. The van der Waals surface area contributed by atoms with Crippen LogP contribution in [0.1, 0.15) is 35.5 Å². The van der Waals surface area contributed by atoms with Gasteiger partial charge in [-0.05, 0) is 16.6 Å². The molecule has 1 heterocycles. The van der Waals surface area contributed by atoms with Crippen LogP contribution in [0.5, 0.6) is 5.88 Å². The van der Waals surface area contributed by atoms with E-state index >= 15 is 0 Å². The summed E-state index contributed by atoms with van der Waals surface area (Å²) >= 11 is 0. The van der Waals surface area contributed by atoms with Crippen molar-refractivity contribution < 1.29 is 18.8 Å². The molecule has 1 aromatic carbocycles. The summed E-state index contributed by atoms with van der Waals surface area (Å²) in [5.41, 5.74) is 1.27. The average molecular weight is 289 g/mol. The number of benzene rings is 1. The van der Waals surface area contributed by atoms with Gasteiger partial charge < -0.3 is 14.0 Å². The maximum Gasteiger partial charge on any atom is 0.347 e. The largest absolute Gasteiger partial charge is 0.470 e. The highest BCUT2D eigenvalue weighted by molar-refractivity contribution is 5.92. The topological polar surface area (TPSA) is 61.6 Å². The minimum atomic E-state index is -0.491. The maximum atomic E-state index is 11.9. The maximum absolute atomic E-state index is 11.9. The van der Waals surface area contributed by atoms with Gasteiger partial charge in [-0.1, -0.05) is 44.2 Å². The first-order valence-electron chi connectivity index (χ1n) is 6.85. The number of rotatable bonds is 6. The number of hydrogen-bond donors (Lipinski definition) is 0. The lowest BCUT2D eigenvalue weighted by Crippen LogP contribution is -2.08. The number of nitrogens with zero attached hydrogens (tertiary/aromatic N) is 1. The number of carbonyl (C=O) groups excluding carboxylic acids is 1. The van der Waals surface area contributed by atoms with Gasteiger partial charge in [-0.2, -0.15) is 0 Å². The van der Waals surface area contributed by atoms with E-state index in [1.807, 2.05) is 44.2 Å². The molecule has 0 saturated carbocycles. The fraction of sp³-hybridized carbons (Fsp3) is 0.375. The van der Waals surface area contributed by atoms with Gasteiger partial charge in [0.1, 0.15) is 6.61 Å². The molecule has 0 aliphatic rings. The van der Waals surface area contributed by atoms with Crippen molar-refractivity contribution in [1.29, 1.82) is 0 Å². The van der Waals surface area contributed by atoms with Gasteiger partial charge in [-0.15, -0.1) is 0 Å². The second kappa shape index (κ2) is 6.92. The molecule has 0 aliphatic heterocycles. The van der Waals surface area contributed by atoms with Crippen molar-refractivity contribution in [2.45, 2.75) is 26.9 Å². The molecule has 0 unspecified atom stereocenters. The molecule has 0 aliphatic carbocycles. The Morgan fingerprint density at radius 1 is 1.29 bits per heavy atom. The van der Waals surface area contributed by atoms with Crippen molar-refractivity contribution in [1.82, 2.24) is 5.16 Å². The zero-order valence-corrected chi connectivity index (χ0v) is 12.5. The number of carbonyl (C=O) groups is 1. The van der Waals surface area contributed by atoms with E-state index in [-0.39, 0.29) is 11.4 Å². The molecule has 0 atom stereocenters. The van der Waals surface area contributed by atoms with Gasteiger partial charge in [-0.25, -0.2) is 4.79 Å². The predicted octanol–water partition coefficient (Wildman–Crippen LogP) is 3.24. The Kier molecular flexibility index (Phi) is 4.98. The summed E-state index contributed by atoms with van der Waals surface area (Å²) in [6, 6.07) is 9.65. The van der Waals surface area contributed by atoms with Crippen LogP contribution >= 0.6 is 0 Å². The Labute approximate surface area is 123 Å². The average Bonchev–Trinajstić information content (AvgIpc) is 2.87. The van der Waals surface area contributed by atoms with Gasteiger partial charge in [0.15, 0.2) is 11.3 Å². The highest BCUT2D eigenvalue weighted by Crippen LogP contribution is 2.25. The number of ether oxygens (including phenoxy) is 2. The van der Waals surface area contributed by atoms with Crippen LogP contribution in [-0.2, 0) is 17.8 Å². The van der Waals surface area contributed by atoms with Crippen LogP contribution in [0.3, 0.4) is 0 Å². The number of hydrogen-bond acceptors (Lipinski definition) is 5. The second-order valence-electron chi connectivity index (χ2n) is 5.15. The smallest absolute Gasteiger partial charge is 0.347 e. The van der Waals surface area contributed by atoms with Gasteiger partial charge in [0.25, 0.3) is 5.88 Å². The van der Waals surface area contributed by atoms with Crippen molar-refractivity contribution in [3.05, 3.63) is 47.2 Å². The third-order valence-electron chi connectivity index (χ3n) is 2.93. The summed E-state index contributed by atoms with van der Waals surface area (Å²) < 4.78 is 15.6. The van der Waals surface area contributed by atoms with E-state index in [2.05, 4.69) is 5.16 Å². The fourth-order valence-corrected chi connectivity index (χ4v) is 1.94. The SMILES string of the molecule is COC(=O)c1c(OCc2ccccc2)noc1CC(C)C. The van der Waals surface area contributed by atoms with E-state index in [0.29, 0.717) is 24.7 Å². The van der Waals surface area contributed by atoms with Crippen LogP contribution in [0.25, 0.3) is 0 Å². The molecule has 112 valence electrons. The van der Waals surface area contributed by atoms with Gasteiger partial charge in [0, 0.05) is 6.42 Å². The Morgan fingerprint density at radius 2 is 2.00 bits per heavy atom. The lowest BCUT2D eigenvalue weighted by atomic mass is 10.1. The highest BCUT2D eigenvalue weighted by atomic mass is 16.6. The summed E-state index contributed by atoms with van der Waals surface area (Å²) in [5.74, 6) is 0.527. The van der Waals surface area contributed by atoms with E-state index in [0.717, 1.165) is 5.56 Å². The van der Waals surface area contributed by atoms with Crippen LogP contribution in [-0.4, -0.2) is 18.2 Å². The summed E-state index contributed by atoms with van der Waals surface area (Å²) in [5, 5.41) is 3.86. The molecule has 5 heteroatoms. The molecular formula is C16H19NO4. The van der Waals surface area contributed by atoms with Gasteiger partial charge in [0.05, 0.1) is 7.11 Å². The molecule has 5 nitrogen and oxygen atoms in total. The molecule has 21 heavy (non-hydrogen) atoms. The van der Waals surface area contributed by atoms with E-state index in [9.17, 15) is 4.79 Å². The van der Waals surface area contributed by atoms with Crippen LogP contribution in [0.15, 0.2) is 34.9 Å². The lowest BCUT2D eigenvalue weighted by Gasteiger charge is -2.06. The van der Waals surface area contributed by atoms with Crippen molar-refractivity contribution in [2.24, 2.45) is 5.92 Å². The lowest BCUT2D eigenvalue weighted by molar-refractivity contribution is 0.0593. The van der Waals surface area contributed by atoms with Crippen LogP contribution < -0.4 is 4.74 Å². The molecule has 0 radical (unpaired) electrons. The normalized spacial score (nSPS) is 10.7. The van der Waals surface area contributed by atoms with Gasteiger partial charge >= 0.3 is 5.97 Å². The summed E-state index contributed by atoms with van der Waals surface area (Å²) in [6.07, 6.45) is 0.603. The van der Waals surface area contributed by atoms with Gasteiger partial charge in [0.2, 0.25) is 0 Å². The first-order valence-corrected chi connectivity index (χ1v) is 6.85. The van der Waals surface area contributed by atoms with E-state index in [4.69, 9.17) is 14.0 Å². The van der Waals surface area contributed by atoms with E-state index in [1.165, 1.54) is 7.11 Å². The fourth-order valence-electron chi connectivity index (χ4n) is 1.94. The quantitative estimate of drug-likeness (QED) is 0.764. The Bertz CT molecular complexity index is 590. The van der Waals surface area contributed by atoms with Crippen molar-refractivity contribution in [3.8, 4) is 5.88 Å². The minimum Gasteiger partial charge on any atom is -0.470 e. The minimum absolute atomic E-state index is 0.182. The molecule has 0 amide bonds. The molecule has 2 aromatic rings. The zero-order valence-electron chi connectivity index (χ0n) is 12.5. The van der Waals surface area contributed by atoms with E-state index < -0.39 is 5.97 Å². The third kappa shape index (κ3) is 3.84. The first-order chi connectivity index (χ1) is 10.1. The molecule has 2 rings (SSSR count). The summed E-state index contributed by atoms with van der Waals surface area (Å²) in [7, 11) is 1.33. The number of esters is 1. The highest BCUT2D eigenvalue weighted by Gasteiger charge is 2.25. The molecule has 0 fully saturated rings. The predicted molar refractivity (Wildman–Crippen MR) is 77.2 cm³/mol. The standard InChI is InChI=1S/C16H19NO4/c1-11(2)9-13-14(16(18)19-3)15(17-21-13)20-10-12-7-5-4-6-8-12/h4-8,11H,9-10H2,1-3H3. The van der Waals surface area contributed by atoms with Crippen molar-refractivity contribution in [3.63, 3.8) is 0 Å². The molecule has 1 aromatic heterocycles. The van der Waals surface area contributed by atoms with Crippen molar-refractivity contribution in [2.75, 3.05) is 7.11 Å².